The number of nitrogens with one attached hydrogen (secondary N) is 2. The number of carbonyl (C=O) groups excluding carboxylic acids is 2. The fraction of sp³-hybridized carbons (Fsp3) is 0.263. The molecule has 0 unspecified atom stereocenters. The molecule has 2 aromatic rings. The number of benzene rings is 2. The van der Waals surface area contributed by atoms with E-state index in [0.717, 1.165) is 22.6 Å². The van der Waals surface area contributed by atoms with E-state index in [1.54, 1.807) is 0 Å². The summed E-state index contributed by atoms with van der Waals surface area (Å²) < 4.78 is 5.59. The van der Waals surface area contributed by atoms with Crippen LogP contribution in [0.15, 0.2) is 70.5 Å². The van der Waals surface area contributed by atoms with Crippen LogP contribution < -0.4 is 9.44 Å². The molecule has 0 aliphatic carbocycles. The van der Waals surface area contributed by atoms with Gasteiger partial charge >= 0.3 is 0 Å². The molecule has 2 rings (SSSR count). The van der Waals surface area contributed by atoms with Crippen molar-refractivity contribution in [2.45, 2.75) is 36.0 Å². The Morgan fingerprint density at radius 3 is 1.67 bits per heavy atom. The van der Waals surface area contributed by atoms with Gasteiger partial charge in [-0.2, -0.15) is 0 Å². The maximum Gasteiger partial charge on any atom is 0.243 e. The first-order valence-electron chi connectivity index (χ1n) is 8.57. The first-order chi connectivity index (χ1) is 13.2. The quantitative estimate of drug-likeness (QED) is 0.265. The highest BCUT2D eigenvalue weighted by atomic mass is 33.1. The van der Waals surface area contributed by atoms with Gasteiger partial charge in [0.05, 0.1) is 0 Å². The van der Waals surface area contributed by atoms with Gasteiger partial charge in [-0.15, -0.1) is 0 Å². The van der Waals surface area contributed by atoms with Gasteiger partial charge in [-0.05, 0) is 52.3 Å². The van der Waals surface area contributed by atoms with Crippen LogP contribution in [0.25, 0.3) is 0 Å². The van der Waals surface area contributed by atoms with E-state index in [1.165, 1.54) is 43.5 Å². The molecular formula is C19H22N2O2S4. The van der Waals surface area contributed by atoms with Crippen molar-refractivity contribution in [2.24, 2.45) is 5.92 Å². The van der Waals surface area contributed by atoms with Crippen molar-refractivity contribution < 1.29 is 9.59 Å². The Morgan fingerprint density at radius 1 is 0.815 bits per heavy atom. The van der Waals surface area contributed by atoms with Crippen LogP contribution in [-0.2, 0) is 9.59 Å². The summed E-state index contributed by atoms with van der Waals surface area (Å²) in [6.07, 6.45) is 2.31. The standard InChI is InChI=1S/C19H22N2O2S4/c1-2-3-14-17(18(22)20-26-24-15-10-6-4-7-11-15)19(23)21-27-25-16-12-8-5-9-13-16/h4-13,17H,2-3,14H2,1H3,(H,20,22)(H,21,23). The smallest absolute Gasteiger partial charge is 0.243 e. The minimum absolute atomic E-state index is 0.250. The van der Waals surface area contributed by atoms with E-state index < -0.39 is 5.92 Å². The van der Waals surface area contributed by atoms with Crippen LogP contribution in [0.3, 0.4) is 0 Å². The molecule has 0 aliphatic heterocycles. The van der Waals surface area contributed by atoms with E-state index in [2.05, 4.69) is 9.44 Å². The fourth-order valence-corrected chi connectivity index (χ4v) is 5.35. The summed E-state index contributed by atoms with van der Waals surface area (Å²) in [5.41, 5.74) is 0. The minimum atomic E-state index is -0.683. The number of amides is 2. The predicted molar refractivity (Wildman–Crippen MR) is 119 cm³/mol. The molecule has 2 amide bonds. The third-order valence-corrected chi connectivity index (χ3v) is 7.35. The largest absolute Gasteiger partial charge is 0.290 e. The van der Waals surface area contributed by atoms with E-state index in [9.17, 15) is 9.59 Å². The molecule has 8 heteroatoms. The predicted octanol–water partition coefficient (Wildman–Crippen LogP) is 5.74. The third kappa shape index (κ3) is 8.55. The van der Waals surface area contributed by atoms with Crippen molar-refractivity contribution in [3.63, 3.8) is 0 Å². The zero-order chi connectivity index (χ0) is 19.3. The molecule has 0 aliphatic rings. The van der Waals surface area contributed by atoms with Crippen LogP contribution in [0.4, 0.5) is 0 Å². The van der Waals surface area contributed by atoms with Crippen LogP contribution in [0.5, 0.6) is 0 Å². The second-order valence-electron chi connectivity index (χ2n) is 5.59. The van der Waals surface area contributed by atoms with E-state index in [-0.39, 0.29) is 11.8 Å². The fourth-order valence-electron chi connectivity index (χ4n) is 2.10. The first kappa shape index (κ1) is 22.1. The lowest BCUT2D eigenvalue weighted by Crippen LogP contribution is -2.36. The lowest BCUT2D eigenvalue weighted by molar-refractivity contribution is -0.133. The van der Waals surface area contributed by atoms with Gasteiger partial charge in [-0.25, -0.2) is 0 Å². The van der Waals surface area contributed by atoms with Gasteiger partial charge in [0.1, 0.15) is 5.92 Å². The molecule has 0 atom stereocenters. The van der Waals surface area contributed by atoms with E-state index in [0.29, 0.717) is 6.42 Å². The van der Waals surface area contributed by atoms with Gasteiger partial charge in [-0.3, -0.25) is 19.0 Å². The van der Waals surface area contributed by atoms with Crippen LogP contribution in [-0.4, -0.2) is 11.8 Å². The Balaban J connectivity index is 1.80. The van der Waals surface area contributed by atoms with Crippen molar-refractivity contribution in [1.82, 2.24) is 9.44 Å². The molecule has 144 valence electrons. The van der Waals surface area contributed by atoms with Gasteiger partial charge in [0, 0.05) is 31.8 Å². The Hall–Kier alpha value is -1.22. The van der Waals surface area contributed by atoms with Gasteiger partial charge < -0.3 is 0 Å². The lowest BCUT2D eigenvalue weighted by atomic mass is 10.0. The number of rotatable bonds is 11. The molecule has 0 fully saturated rings. The van der Waals surface area contributed by atoms with Crippen LogP contribution in [0.2, 0.25) is 0 Å². The normalized spacial score (nSPS) is 10.6. The van der Waals surface area contributed by atoms with E-state index in [4.69, 9.17) is 0 Å². The lowest BCUT2D eigenvalue weighted by Gasteiger charge is -2.15. The molecule has 2 aromatic carbocycles. The van der Waals surface area contributed by atoms with Gasteiger partial charge in [0.15, 0.2) is 0 Å². The molecule has 0 radical (unpaired) electrons. The molecule has 0 aromatic heterocycles. The second kappa shape index (κ2) is 13.0. The highest BCUT2D eigenvalue weighted by molar-refractivity contribution is 8.76. The van der Waals surface area contributed by atoms with Crippen molar-refractivity contribution in [1.29, 1.82) is 0 Å². The maximum atomic E-state index is 12.5. The molecule has 4 nitrogen and oxygen atoms in total. The summed E-state index contributed by atoms with van der Waals surface area (Å²) in [6.45, 7) is 2.05. The summed E-state index contributed by atoms with van der Waals surface area (Å²) in [5, 5.41) is 0. The summed E-state index contributed by atoms with van der Waals surface area (Å²) in [7, 11) is 5.40. The van der Waals surface area contributed by atoms with E-state index >= 15 is 0 Å². The molecule has 0 spiro atoms. The average Bonchev–Trinajstić information content (AvgIpc) is 2.70. The molecule has 0 bridgehead atoms. The van der Waals surface area contributed by atoms with Gasteiger partial charge in [0.2, 0.25) is 11.8 Å². The molecule has 0 saturated heterocycles. The number of hydrogen-bond acceptors (Lipinski definition) is 6. The molecular weight excluding hydrogens is 416 g/mol. The summed E-state index contributed by atoms with van der Waals surface area (Å²) in [6, 6.07) is 19.6. The van der Waals surface area contributed by atoms with Crippen LogP contribution in [0, 0.1) is 5.92 Å². The van der Waals surface area contributed by atoms with Gasteiger partial charge in [-0.1, -0.05) is 56.2 Å². The zero-order valence-electron chi connectivity index (χ0n) is 14.9. The van der Waals surface area contributed by atoms with Gasteiger partial charge in [0.25, 0.3) is 0 Å². The SMILES string of the molecule is CCCCC(C(=O)NSSc1ccccc1)C(=O)NSSc1ccccc1. The van der Waals surface area contributed by atoms with Crippen LogP contribution >= 0.6 is 43.5 Å². The molecule has 0 saturated carbocycles. The number of carbonyl (C=O) groups is 2. The summed E-state index contributed by atoms with van der Waals surface area (Å²) in [5.74, 6) is -1.18. The number of hydrogen-bond donors (Lipinski definition) is 2. The van der Waals surface area contributed by atoms with Crippen LogP contribution in [0.1, 0.15) is 26.2 Å². The summed E-state index contributed by atoms with van der Waals surface area (Å²) in [4.78, 5) is 27.1. The Kier molecular flexibility index (Phi) is 10.7. The summed E-state index contributed by atoms with van der Waals surface area (Å²) >= 11 is 0. The van der Waals surface area contributed by atoms with Crippen molar-refractivity contribution in [3.8, 4) is 0 Å². The maximum absolute atomic E-state index is 12.5. The monoisotopic (exact) mass is 438 g/mol. The Labute approximate surface area is 176 Å². The Bertz CT molecular complexity index is 644. The van der Waals surface area contributed by atoms with E-state index in [1.807, 2.05) is 67.6 Å². The molecule has 2 N–H and O–H groups in total. The Morgan fingerprint density at radius 2 is 1.26 bits per heavy atom. The topological polar surface area (TPSA) is 58.2 Å². The highest BCUT2D eigenvalue weighted by Crippen LogP contribution is 2.30. The third-order valence-electron chi connectivity index (χ3n) is 3.53. The molecule has 0 heterocycles. The second-order valence-corrected chi connectivity index (χ2v) is 9.60. The van der Waals surface area contributed by atoms with Crippen molar-refractivity contribution >= 4 is 55.4 Å². The zero-order valence-corrected chi connectivity index (χ0v) is 18.2. The minimum Gasteiger partial charge on any atom is -0.290 e. The first-order valence-corrected chi connectivity index (χ1v) is 12.9. The molecule has 27 heavy (non-hydrogen) atoms. The average molecular weight is 439 g/mol. The van der Waals surface area contributed by atoms with Crippen molar-refractivity contribution in [3.05, 3.63) is 60.7 Å². The highest BCUT2D eigenvalue weighted by Gasteiger charge is 2.26. The number of unbranched alkanes of at least 4 members (excludes halogenated alkanes) is 1. The van der Waals surface area contributed by atoms with Crippen molar-refractivity contribution in [2.75, 3.05) is 0 Å².